The van der Waals surface area contributed by atoms with Crippen molar-refractivity contribution in [1.29, 1.82) is 0 Å². The fraction of sp³-hybridized carbons (Fsp3) is 0.263. The van der Waals surface area contributed by atoms with Crippen molar-refractivity contribution >= 4 is 11.8 Å². The molecule has 0 aliphatic rings. The second kappa shape index (κ2) is 7.09. The van der Waals surface area contributed by atoms with Crippen LogP contribution in [0.4, 0.5) is 0 Å². The van der Waals surface area contributed by atoms with Crippen molar-refractivity contribution in [2.45, 2.75) is 27.4 Å². The van der Waals surface area contributed by atoms with E-state index in [0.717, 1.165) is 16.9 Å². The monoisotopic (exact) mass is 312 g/mol. The first kappa shape index (κ1) is 16.7. The Morgan fingerprint density at radius 2 is 1.61 bits per heavy atom. The number of hydrogen-bond acceptors (Lipinski definition) is 4. The fourth-order valence-corrected chi connectivity index (χ4v) is 2.32. The number of carbonyl (C=O) groups excluding carboxylic acids is 2. The zero-order chi connectivity index (χ0) is 17.0. The summed E-state index contributed by atoms with van der Waals surface area (Å²) < 4.78 is 10.4. The minimum Gasteiger partial charge on any atom is -0.489 e. The average molecular weight is 312 g/mol. The molecule has 0 aromatic heterocycles. The van der Waals surface area contributed by atoms with Crippen LogP contribution in [-0.2, 0) is 16.1 Å². The number of ether oxygens (including phenoxy) is 2. The highest BCUT2D eigenvalue weighted by molar-refractivity contribution is 6.40. The highest BCUT2D eigenvalue weighted by Gasteiger charge is 2.20. The molecule has 2 aromatic carbocycles. The van der Waals surface area contributed by atoms with E-state index in [0.29, 0.717) is 11.1 Å². The zero-order valence-electron chi connectivity index (χ0n) is 13.8. The summed E-state index contributed by atoms with van der Waals surface area (Å²) in [7, 11) is 1.19. The summed E-state index contributed by atoms with van der Waals surface area (Å²) in [5.41, 5.74) is 4.34. The Morgan fingerprint density at radius 3 is 2.30 bits per heavy atom. The van der Waals surface area contributed by atoms with Gasteiger partial charge in [0.05, 0.1) is 7.11 Å². The predicted octanol–water partition coefficient (Wildman–Crippen LogP) is 3.55. The van der Waals surface area contributed by atoms with Gasteiger partial charge in [0, 0.05) is 11.1 Å². The molecule has 0 saturated heterocycles. The molecular weight excluding hydrogens is 292 g/mol. The highest BCUT2D eigenvalue weighted by atomic mass is 16.5. The summed E-state index contributed by atoms with van der Waals surface area (Å²) in [6, 6.07) is 10.9. The second-order valence-electron chi connectivity index (χ2n) is 5.47. The third-order valence-corrected chi connectivity index (χ3v) is 3.81. The first-order chi connectivity index (χ1) is 10.9. The molecule has 4 heteroatoms. The van der Waals surface area contributed by atoms with E-state index >= 15 is 0 Å². The molecule has 0 unspecified atom stereocenters. The molecule has 0 N–H and O–H groups in total. The number of Topliss-reactive ketones (excluding diaryl/α,β-unsaturated/α-hetero) is 1. The smallest absolute Gasteiger partial charge is 0.379 e. The molecule has 0 heterocycles. The normalized spacial score (nSPS) is 10.3. The Morgan fingerprint density at radius 1 is 0.957 bits per heavy atom. The van der Waals surface area contributed by atoms with Gasteiger partial charge in [-0.2, -0.15) is 0 Å². The number of esters is 1. The van der Waals surface area contributed by atoms with E-state index < -0.39 is 11.8 Å². The lowest BCUT2D eigenvalue weighted by Gasteiger charge is -2.13. The van der Waals surface area contributed by atoms with Crippen LogP contribution in [0, 0.1) is 20.8 Å². The third-order valence-electron chi connectivity index (χ3n) is 3.81. The van der Waals surface area contributed by atoms with Crippen molar-refractivity contribution in [2.24, 2.45) is 0 Å². The van der Waals surface area contributed by atoms with Crippen molar-refractivity contribution in [3.63, 3.8) is 0 Å². The molecular formula is C19H20O4. The number of carbonyl (C=O) groups is 2. The summed E-state index contributed by atoms with van der Waals surface area (Å²) in [6.07, 6.45) is 0. The topological polar surface area (TPSA) is 52.6 Å². The fourth-order valence-electron chi connectivity index (χ4n) is 2.32. The summed E-state index contributed by atoms with van der Waals surface area (Å²) in [5.74, 6) is -0.767. The lowest BCUT2D eigenvalue weighted by molar-refractivity contribution is -0.135. The number of methoxy groups -OCH3 is 1. The molecule has 0 spiro atoms. The second-order valence-corrected chi connectivity index (χ2v) is 5.47. The van der Waals surface area contributed by atoms with Crippen LogP contribution in [0.25, 0.3) is 0 Å². The van der Waals surface area contributed by atoms with Crippen LogP contribution in [0.5, 0.6) is 5.75 Å². The predicted molar refractivity (Wildman–Crippen MR) is 87.8 cm³/mol. The standard InChI is InChI=1S/C19H20O4/c1-12-9-14(3)17(10-13(12)2)23-11-15-7-5-6-8-16(15)18(20)19(21)22-4/h5-10H,11H2,1-4H3. The number of ketones is 1. The molecule has 0 amide bonds. The molecule has 0 radical (unpaired) electrons. The molecule has 0 bridgehead atoms. The molecule has 0 fully saturated rings. The van der Waals surface area contributed by atoms with Crippen molar-refractivity contribution in [2.75, 3.05) is 7.11 Å². The van der Waals surface area contributed by atoms with Crippen LogP contribution in [0.3, 0.4) is 0 Å². The van der Waals surface area contributed by atoms with Crippen LogP contribution in [0.2, 0.25) is 0 Å². The van der Waals surface area contributed by atoms with Crippen molar-refractivity contribution in [1.82, 2.24) is 0 Å². The number of hydrogen-bond donors (Lipinski definition) is 0. The minimum absolute atomic E-state index is 0.211. The van der Waals surface area contributed by atoms with E-state index in [-0.39, 0.29) is 6.61 Å². The summed E-state index contributed by atoms with van der Waals surface area (Å²) in [5, 5.41) is 0. The van der Waals surface area contributed by atoms with Crippen LogP contribution >= 0.6 is 0 Å². The summed E-state index contributed by atoms with van der Waals surface area (Å²) in [4.78, 5) is 23.5. The maximum atomic E-state index is 12.0. The van der Waals surface area contributed by atoms with Gasteiger partial charge >= 0.3 is 5.97 Å². The zero-order valence-corrected chi connectivity index (χ0v) is 13.8. The van der Waals surface area contributed by atoms with Gasteiger partial charge in [-0.1, -0.05) is 30.3 Å². The summed E-state index contributed by atoms with van der Waals surface area (Å²) in [6.45, 7) is 6.27. The summed E-state index contributed by atoms with van der Waals surface area (Å²) >= 11 is 0. The Kier molecular flexibility index (Phi) is 5.16. The van der Waals surface area contributed by atoms with Crippen LogP contribution < -0.4 is 4.74 Å². The van der Waals surface area contributed by atoms with Gasteiger partial charge in [-0.15, -0.1) is 0 Å². The molecule has 2 rings (SSSR count). The Labute approximate surface area is 136 Å². The van der Waals surface area contributed by atoms with Gasteiger partial charge in [0.25, 0.3) is 5.78 Å². The van der Waals surface area contributed by atoms with Crippen molar-refractivity contribution < 1.29 is 19.1 Å². The molecule has 0 saturated carbocycles. The minimum atomic E-state index is -0.875. The Hall–Kier alpha value is -2.62. The molecule has 0 atom stereocenters. The van der Waals surface area contributed by atoms with Crippen molar-refractivity contribution in [3.05, 3.63) is 64.2 Å². The van der Waals surface area contributed by atoms with Gasteiger partial charge in [-0.05, 0) is 43.5 Å². The molecule has 2 aromatic rings. The molecule has 23 heavy (non-hydrogen) atoms. The molecule has 120 valence electrons. The van der Waals surface area contributed by atoms with Gasteiger partial charge in [0.2, 0.25) is 0 Å². The third kappa shape index (κ3) is 3.77. The number of aryl methyl sites for hydroxylation is 3. The van der Waals surface area contributed by atoms with E-state index in [9.17, 15) is 9.59 Å². The van der Waals surface area contributed by atoms with Crippen LogP contribution in [0.15, 0.2) is 36.4 Å². The Balaban J connectivity index is 2.23. The van der Waals surface area contributed by atoms with Gasteiger partial charge in [-0.3, -0.25) is 4.79 Å². The maximum Gasteiger partial charge on any atom is 0.379 e. The molecule has 0 aliphatic heterocycles. The van der Waals surface area contributed by atoms with Crippen LogP contribution in [-0.4, -0.2) is 18.9 Å². The van der Waals surface area contributed by atoms with E-state index in [1.165, 1.54) is 12.7 Å². The first-order valence-corrected chi connectivity index (χ1v) is 7.35. The van der Waals surface area contributed by atoms with E-state index in [1.807, 2.05) is 19.9 Å². The van der Waals surface area contributed by atoms with Crippen LogP contribution in [0.1, 0.15) is 32.6 Å². The van der Waals surface area contributed by atoms with Gasteiger partial charge in [0.1, 0.15) is 12.4 Å². The van der Waals surface area contributed by atoms with Gasteiger partial charge in [0.15, 0.2) is 0 Å². The van der Waals surface area contributed by atoms with E-state index in [4.69, 9.17) is 4.74 Å². The Bertz CT molecular complexity index is 747. The van der Waals surface area contributed by atoms with Crippen molar-refractivity contribution in [3.8, 4) is 5.75 Å². The largest absolute Gasteiger partial charge is 0.489 e. The van der Waals surface area contributed by atoms with E-state index in [1.54, 1.807) is 24.3 Å². The highest BCUT2D eigenvalue weighted by Crippen LogP contribution is 2.24. The quantitative estimate of drug-likeness (QED) is 0.481. The number of rotatable bonds is 5. The average Bonchev–Trinajstić information content (AvgIpc) is 2.55. The maximum absolute atomic E-state index is 12.0. The van der Waals surface area contributed by atoms with Gasteiger partial charge < -0.3 is 9.47 Å². The lowest BCUT2D eigenvalue weighted by atomic mass is 10.0. The molecule has 4 nitrogen and oxygen atoms in total. The number of benzene rings is 2. The molecule has 0 aliphatic carbocycles. The SMILES string of the molecule is COC(=O)C(=O)c1ccccc1COc1cc(C)c(C)cc1C. The van der Waals surface area contributed by atoms with Gasteiger partial charge in [-0.25, -0.2) is 4.79 Å². The lowest BCUT2D eigenvalue weighted by Crippen LogP contribution is -2.18. The van der Waals surface area contributed by atoms with E-state index in [2.05, 4.69) is 17.7 Å². The first-order valence-electron chi connectivity index (χ1n) is 7.35.